The number of carbonyl (C=O) groups is 1. The van der Waals surface area contributed by atoms with Gasteiger partial charge in [-0.2, -0.15) is 0 Å². The Balaban J connectivity index is 2.33. The standard InChI is InChI=1S/C15H22N2O2/c1-5-10(2)17-14(16-11(3)15(17)18)12-7-6-8-13(9-12)19-4/h6-11,14,16H,5H2,1-4H3. The van der Waals surface area contributed by atoms with E-state index in [4.69, 9.17) is 4.74 Å². The second-order valence-electron chi connectivity index (χ2n) is 5.07. The molecule has 0 spiro atoms. The van der Waals surface area contributed by atoms with Crippen molar-refractivity contribution in [1.29, 1.82) is 0 Å². The van der Waals surface area contributed by atoms with Gasteiger partial charge in [0.25, 0.3) is 0 Å². The van der Waals surface area contributed by atoms with Crippen molar-refractivity contribution in [1.82, 2.24) is 10.2 Å². The molecular formula is C15H22N2O2. The van der Waals surface area contributed by atoms with Crippen molar-refractivity contribution < 1.29 is 9.53 Å². The molecule has 1 aliphatic rings. The summed E-state index contributed by atoms with van der Waals surface area (Å²) in [4.78, 5) is 14.2. The van der Waals surface area contributed by atoms with Gasteiger partial charge in [-0.25, -0.2) is 0 Å². The minimum atomic E-state index is -0.134. The van der Waals surface area contributed by atoms with Crippen LogP contribution in [0.3, 0.4) is 0 Å². The molecule has 1 N–H and O–H groups in total. The Morgan fingerprint density at radius 3 is 2.84 bits per heavy atom. The maximum Gasteiger partial charge on any atom is 0.241 e. The summed E-state index contributed by atoms with van der Waals surface area (Å²) in [5.41, 5.74) is 1.07. The molecule has 0 saturated carbocycles. The molecule has 1 aromatic rings. The van der Waals surface area contributed by atoms with Crippen LogP contribution in [-0.4, -0.2) is 30.0 Å². The van der Waals surface area contributed by atoms with Gasteiger partial charge < -0.3 is 9.64 Å². The fraction of sp³-hybridized carbons (Fsp3) is 0.533. The Hall–Kier alpha value is -1.55. The van der Waals surface area contributed by atoms with Gasteiger partial charge in [0.15, 0.2) is 0 Å². The number of amides is 1. The zero-order valence-electron chi connectivity index (χ0n) is 12.0. The van der Waals surface area contributed by atoms with Crippen LogP contribution in [0.4, 0.5) is 0 Å². The van der Waals surface area contributed by atoms with E-state index in [0.717, 1.165) is 17.7 Å². The van der Waals surface area contributed by atoms with E-state index in [0.29, 0.717) is 0 Å². The lowest BCUT2D eigenvalue weighted by atomic mass is 10.1. The van der Waals surface area contributed by atoms with Crippen LogP contribution in [0.1, 0.15) is 38.9 Å². The Morgan fingerprint density at radius 1 is 1.47 bits per heavy atom. The summed E-state index contributed by atoms with van der Waals surface area (Å²) in [6, 6.07) is 7.97. The van der Waals surface area contributed by atoms with Gasteiger partial charge in [0.2, 0.25) is 5.91 Å². The molecule has 1 saturated heterocycles. The van der Waals surface area contributed by atoms with E-state index in [1.807, 2.05) is 36.1 Å². The quantitative estimate of drug-likeness (QED) is 0.905. The average Bonchev–Trinajstić information content (AvgIpc) is 2.74. The van der Waals surface area contributed by atoms with Crippen LogP contribution in [0.2, 0.25) is 0 Å². The van der Waals surface area contributed by atoms with Gasteiger partial charge in [0.05, 0.1) is 13.2 Å². The maximum absolute atomic E-state index is 12.3. The van der Waals surface area contributed by atoms with Crippen molar-refractivity contribution in [2.45, 2.75) is 45.4 Å². The number of benzene rings is 1. The molecule has 0 aliphatic carbocycles. The van der Waals surface area contributed by atoms with Crippen LogP contribution in [0.15, 0.2) is 24.3 Å². The zero-order valence-corrected chi connectivity index (χ0v) is 12.0. The lowest BCUT2D eigenvalue weighted by Gasteiger charge is -2.30. The molecule has 0 radical (unpaired) electrons. The lowest BCUT2D eigenvalue weighted by Crippen LogP contribution is -2.37. The molecule has 0 aromatic heterocycles. The van der Waals surface area contributed by atoms with Gasteiger partial charge in [-0.3, -0.25) is 10.1 Å². The molecule has 19 heavy (non-hydrogen) atoms. The monoisotopic (exact) mass is 262 g/mol. The molecule has 1 fully saturated rings. The van der Waals surface area contributed by atoms with E-state index >= 15 is 0 Å². The molecule has 0 bridgehead atoms. The van der Waals surface area contributed by atoms with Crippen LogP contribution in [0, 0.1) is 0 Å². The number of rotatable bonds is 4. The van der Waals surface area contributed by atoms with Gasteiger partial charge in [-0.15, -0.1) is 0 Å². The smallest absolute Gasteiger partial charge is 0.241 e. The minimum absolute atomic E-state index is 0.0625. The Labute approximate surface area is 114 Å². The lowest BCUT2D eigenvalue weighted by molar-refractivity contribution is -0.131. The fourth-order valence-corrected chi connectivity index (χ4v) is 2.48. The average molecular weight is 262 g/mol. The number of methoxy groups -OCH3 is 1. The number of nitrogens with one attached hydrogen (secondary N) is 1. The van der Waals surface area contributed by atoms with E-state index in [9.17, 15) is 4.79 Å². The van der Waals surface area contributed by atoms with Crippen LogP contribution in [0.25, 0.3) is 0 Å². The SMILES string of the molecule is CCC(C)N1C(=O)C(C)NC1c1cccc(OC)c1. The van der Waals surface area contributed by atoms with Crippen molar-refractivity contribution in [2.75, 3.05) is 7.11 Å². The summed E-state index contributed by atoms with van der Waals surface area (Å²) in [5.74, 6) is 0.984. The molecule has 4 heteroatoms. The third-order valence-electron chi connectivity index (χ3n) is 3.79. The van der Waals surface area contributed by atoms with Gasteiger partial charge in [-0.1, -0.05) is 19.1 Å². The van der Waals surface area contributed by atoms with Crippen molar-refractivity contribution in [3.8, 4) is 5.75 Å². The third-order valence-corrected chi connectivity index (χ3v) is 3.79. The first-order chi connectivity index (χ1) is 9.08. The molecule has 3 unspecified atom stereocenters. The first-order valence-electron chi connectivity index (χ1n) is 6.80. The second kappa shape index (κ2) is 5.61. The number of ether oxygens (including phenoxy) is 1. The van der Waals surface area contributed by atoms with Crippen molar-refractivity contribution in [3.63, 3.8) is 0 Å². The van der Waals surface area contributed by atoms with Crippen LogP contribution < -0.4 is 10.1 Å². The molecule has 104 valence electrons. The first-order valence-corrected chi connectivity index (χ1v) is 6.80. The minimum Gasteiger partial charge on any atom is -0.497 e. The van der Waals surface area contributed by atoms with E-state index in [1.165, 1.54) is 0 Å². The van der Waals surface area contributed by atoms with Crippen LogP contribution >= 0.6 is 0 Å². The second-order valence-corrected chi connectivity index (χ2v) is 5.07. The molecule has 1 amide bonds. The number of hydrogen-bond donors (Lipinski definition) is 1. The van der Waals surface area contributed by atoms with E-state index in [1.54, 1.807) is 7.11 Å². The number of hydrogen-bond acceptors (Lipinski definition) is 3. The molecular weight excluding hydrogens is 240 g/mol. The molecule has 4 nitrogen and oxygen atoms in total. The highest BCUT2D eigenvalue weighted by molar-refractivity contribution is 5.84. The van der Waals surface area contributed by atoms with Gasteiger partial charge in [0.1, 0.15) is 11.9 Å². The Kier molecular flexibility index (Phi) is 4.10. The van der Waals surface area contributed by atoms with Crippen molar-refractivity contribution >= 4 is 5.91 Å². The Morgan fingerprint density at radius 2 is 2.21 bits per heavy atom. The van der Waals surface area contributed by atoms with E-state index in [2.05, 4.69) is 19.2 Å². The molecule has 1 aromatic carbocycles. The van der Waals surface area contributed by atoms with Gasteiger partial charge in [0, 0.05) is 6.04 Å². The normalized spacial score (nSPS) is 24.6. The van der Waals surface area contributed by atoms with Gasteiger partial charge >= 0.3 is 0 Å². The molecule has 1 aliphatic heterocycles. The first kappa shape index (κ1) is 13.9. The highest BCUT2D eigenvalue weighted by Gasteiger charge is 2.39. The fourth-order valence-electron chi connectivity index (χ4n) is 2.48. The number of carbonyl (C=O) groups excluding carboxylic acids is 1. The summed E-state index contributed by atoms with van der Waals surface area (Å²) < 4.78 is 5.26. The van der Waals surface area contributed by atoms with Crippen LogP contribution in [-0.2, 0) is 4.79 Å². The third kappa shape index (κ3) is 2.59. The molecule has 2 rings (SSSR count). The highest BCUT2D eigenvalue weighted by Crippen LogP contribution is 2.30. The summed E-state index contributed by atoms with van der Waals surface area (Å²) in [6.45, 7) is 6.10. The maximum atomic E-state index is 12.3. The number of nitrogens with zero attached hydrogens (tertiary/aromatic N) is 1. The van der Waals surface area contributed by atoms with Crippen molar-refractivity contribution in [3.05, 3.63) is 29.8 Å². The topological polar surface area (TPSA) is 41.6 Å². The summed E-state index contributed by atoms with van der Waals surface area (Å²) in [7, 11) is 1.65. The van der Waals surface area contributed by atoms with Gasteiger partial charge in [-0.05, 0) is 38.0 Å². The zero-order chi connectivity index (χ0) is 14.0. The predicted octanol–water partition coefficient (Wildman–Crippen LogP) is 2.31. The molecule has 1 heterocycles. The van der Waals surface area contributed by atoms with E-state index in [-0.39, 0.29) is 24.2 Å². The largest absolute Gasteiger partial charge is 0.497 e. The van der Waals surface area contributed by atoms with Crippen molar-refractivity contribution in [2.24, 2.45) is 0 Å². The molecule has 3 atom stereocenters. The predicted molar refractivity (Wildman–Crippen MR) is 74.9 cm³/mol. The summed E-state index contributed by atoms with van der Waals surface area (Å²) in [6.07, 6.45) is 0.883. The van der Waals surface area contributed by atoms with Crippen LogP contribution in [0.5, 0.6) is 5.75 Å². The summed E-state index contributed by atoms with van der Waals surface area (Å²) in [5, 5.41) is 3.36. The summed E-state index contributed by atoms with van der Waals surface area (Å²) >= 11 is 0. The highest BCUT2D eigenvalue weighted by atomic mass is 16.5. The Bertz CT molecular complexity index is 461. The van der Waals surface area contributed by atoms with E-state index < -0.39 is 0 Å².